The molecule has 32 heavy (non-hydrogen) atoms. The number of carbonyl (C=O) groups excluding carboxylic acids is 1. The molecule has 0 amide bonds. The van der Waals surface area contributed by atoms with Gasteiger partial charge in [0.15, 0.2) is 0 Å². The van der Waals surface area contributed by atoms with Gasteiger partial charge in [-0.15, -0.1) is 0 Å². The molecule has 1 fully saturated rings. The highest BCUT2D eigenvalue weighted by atomic mass is 19.4. The summed E-state index contributed by atoms with van der Waals surface area (Å²) in [6.45, 7) is -0.165. The average Bonchev–Trinajstić information content (AvgIpc) is 3.17. The third kappa shape index (κ3) is 5.28. The van der Waals surface area contributed by atoms with Crippen molar-refractivity contribution in [3.05, 3.63) is 59.2 Å². The molecule has 3 rings (SSSR count). The molecular formula is C21H15F6N3O2. The molecule has 0 spiro atoms. The third-order valence-electron chi connectivity index (χ3n) is 5.07. The maximum Gasteiger partial charge on any atom is 0.417 e. The van der Waals surface area contributed by atoms with Gasteiger partial charge in [-0.1, -0.05) is 6.07 Å². The third-order valence-corrected chi connectivity index (χ3v) is 5.07. The van der Waals surface area contributed by atoms with E-state index in [2.05, 4.69) is 10.3 Å². The SMILES string of the molecule is N#Cc1ccc(C2C[C@@H](COc3ccc(N=C=O)cc3)N[C@H]2C(F)(F)F)cc1C(F)(F)F. The van der Waals surface area contributed by atoms with E-state index in [1.54, 1.807) is 0 Å². The predicted octanol–water partition coefficient (Wildman–Crippen LogP) is 5.00. The van der Waals surface area contributed by atoms with Crippen LogP contribution in [-0.4, -0.2) is 30.9 Å². The van der Waals surface area contributed by atoms with Gasteiger partial charge in [0.25, 0.3) is 0 Å². The molecule has 3 atom stereocenters. The Morgan fingerprint density at radius 3 is 2.34 bits per heavy atom. The number of benzene rings is 2. The summed E-state index contributed by atoms with van der Waals surface area (Å²) in [7, 11) is 0. The Labute approximate surface area is 178 Å². The monoisotopic (exact) mass is 455 g/mol. The minimum Gasteiger partial charge on any atom is -0.492 e. The molecule has 168 valence electrons. The summed E-state index contributed by atoms with van der Waals surface area (Å²) in [5.41, 5.74) is -1.76. The van der Waals surface area contributed by atoms with Gasteiger partial charge in [-0.3, -0.25) is 5.32 Å². The molecule has 0 aromatic heterocycles. The molecule has 5 nitrogen and oxygen atoms in total. The zero-order valence-corrected chi connectivity index (χ0v) is 16.2. The van der Waals surface area contributed by atoms with Crippen molar-refractivity contribution in [2.75, 3.05) is 6.61 Å². The van der Waals surface area contributed by atoms with Gasteiger partial charge in [0.2, 0.25) is 6.08 Å². The summed E-state index contributed by atoms with van der Waals surface area (Å²) in [6.07, 6.45) is -8.33. The van der Waals surface area contributed by atoms with Gasteiger partial charge in [-0.25, -0.2) is 4.79 Å². The first-order valence-corrected chi connectivity index (χ1v) is 9.27. The van der Waals surface area contributed by atoms with Crippen LogP contribution in [-0.2, 0) is 11.0 Å². The Hall–Kier alpha value is -3.35. The molecule has 1 unspecified atom stereocenters. The summed E-state index contributed by atoms with van der Waals surface area (Å²) in [5.74, 6) is -0.969. The lowest BCUT2D eigenvalue weighted by molar-refractivity contribution is -0.156. The molecular weight excluding hydrogens is 440 g/mol. The van der Waals surface area contributed by atoms with Crippen molar-refractivity contribution in [1.29, 1.82) is 5.26 Å². The Kier molecular flexibility index (Phi) is 6.57. The number of rotatable bonds is 5. The minimum absolute atomic E-state index is 0.124. The van der Waals surface area contributed by atoms with Crippen molar-refractivity contribution >= 4 is 11.8 Å². The van der Waals surface area contributed by atoms with Crippen molar-refractivity contribution in [2.24, 2.45) is 4.99 Å². The van der Waals surface area contributed by atoms with Crippen LogP contribution in [0.4, 0.5) is 32.0 Å². The van der Waals surface area contributed by atoms with Crippen LogP contribution in [0.1, 0.15) is 29.0 Å². The average molecular weight is 455 g/mol. The summed E-state index contributed by atoms with van der Waals surface area (Å²) < 4.78 is 86.1. The second-order valence-electron chi connectivity index (χ2n) is 7.15. The first kappa shape index (κ1) is 23.3. The molecule has 2 aromatic carbocycles. The minimum atomic E-state index is -4.87. The van der Waals surface area contributed by atoms with E-state index in [1.165, 1.54) is 36.4 Å². The van der Waals surface area contributed by atoms with Crippen LogP contribution >= 0.6 is 0 Å². The fraction of sp³-hybridized carbons (Fsp3) is 0.333. The van der Waals surface area contributed by atoms with E-state index in [4.69, 9.17) is 10.00 Å². The van der Waals surface area contributed by atoms with Crippen LogP contribution in [0, 0.1) is 11.3 Å². The number of nitrogens with one attached hydrogen (secondary N) is 1. The van der Waals surface area contributed by atoms with Crippen molar-refractivity contribution in [2.45, 2.75) is 36.8 Å². The van der Waals surface area contributed by atoms with Crippen LogP contribution in [0.25, 0.3) is 0 Å². The molecule has 0 saturated carbocycles. The van der Waals surface area contributed by atoms with Crippen LogP contribution in [0.5, 0.6) is 5.75 Å². The van der Waals surface area contributed by atoms with Crippen LogP contribution in [0.3, 0.4) is 0 Å². The molecule has 0 radical (unpaired) electrons. The van der Waals surface area contributed by atoms with Gasteiger partial charge < -0.3 is 4.74 Å². The topological polar surface area (TPSA) is 74.5 Å². The van der Waals surface area contributed by atoms with E-state index in [0.717, 1.165) is 12.1 Å². The zero-order valence-electron chi connectivity index (χ0n) is 16.2. The first-order valence-electron chi connectivity index (χ1n) is 9.27. The number of ether oxygens (including phenoxy) is 1. The van der Waals surface area contributed by atoms with Crippen molar-refractivity contribution in [1.82, 2.24) is 5.32 Å². The van der Waals surface area contributed by atoms with E-state index in [9.17, 15) is 31.1 Å². The van der Waals surface area contributed by atoms with Crippen molar-refractivity contribution in [3.8, 4) is 11.8 Å². The normalized spacial score (nSPS) is 21.0. The van der Waals surface area contributed by atoms with Gasteiger partial charge in [0.1, 0.15) is 18.4 Å². The van der Waals surface area contributed by atoms with E-state index in [-0.39, 0.29) is 18.6 Å². The molecule has 1 aliphatic rings. The number of isocyanates is 1. The van der Waals surface area contributed by atoms with Gasteiger partial charge in [0, 0.05) is 12.0 Å². The highest BCUT2D eigenvalue weighted by Gasteiger charge is 2.51. The van der Waals surface area contributed by atoms with Gasteiger partial charge in [0.05, 0.1) is 22.9 Å². The quantitative estimate of drug-likeness (QED) is 0.391. The number of alkyl halides is 6. The highest BCUT2D eigenvalue weighted by Crippen LogP contribution is 2.42. The Balaban J connectivity index is 1.80. The fourth-order valence-corrected chi connectivity index (χ4v) is 3.64. The molecule has 0 bridgehead atoms. The van der Waals surface area contributed by atoms with E-state index >= 15 is 0 Å². The Morgan fingerprint density at radius 1 is 1.09 bits per heavy atom. The lowest BCUT2D eigenvalue weighted by atomic mass is 9.88. The fourth-order valence-electron chi connectivity index (χ4n) is 3.64. The van der Waals surface area contributed by atoms with E-state index in [0.29, 0.717) is 17.5 Å². The second kappa shape index (κ2) is 9.02. The summed E-state index contributed by atoms with van der Waals surface area (Å²) in [4.78, 5) is 13.6. The molecule has 1 N–H and O–H groups in total. The maximum atomic E-state index is 13.6. The Morgan fingerprint density at radius 2 is 1.78 bits per heavy atom. The molecule has 0 aliphatic carbocycles. The Bertz CT molecular complexity index is 1050. The van der Waals surface area contributed by atoms with Crippen LogP contribution in [0.15, 0.2) is 47.5 Å². The number of nitrogens with zero attached hydrogens (tertiary/aromatic N) is 2. The molecule has 1 heterocycles. The summed E-state index contributed by atoms with van der Waals surface area (Å²) in [5, 5.41) is 11.3. The molecule has 2 aromatic rings. The van der Waals surface area contributed by atoms with Gasteiger partial charge >= 0.3 is 12.4 Å². The predicted molar refractivity (Wildman–Crippen MR) is 100 cm³/mol. The lowest BCUT2D eigenvalue weighted by Crippen LogP contribution is -2.44. The van der Waals surface area contributed by atoms with Crippen molar-refractivity contribution in [3.63, 3.8) is 0 Å². The van der Waals surface area contributed by atoms with Gasteiger partial charge in [-0.05, 0) is 48.4 Å². The number of nitriles is 1. The molecule has 1 aliphatic heterocycles. The van der Waals surface area contributed by atoms with Gasteiger partial charge in [-0.2, -0.15) is 36.6 Å². The zero-order chi connectivity index (χ0) is 23.5. The van der Waals surface area contributed by atoms with Crippen LogP contribution < -0.4 is 10.1 Å². The van der Waals surface area contributed by atoms with E-state index in [1.807, 2.05) is 0 Å². The first-order chi connectivity index (χ1) is 15.0. The summed E-state index contributed by atoms with van der Waals surface area (Å²) >= 11 is 0. The number of hydrogen-bond donors (Lipinski definition) is 1. The smallest absolute Gasteiger partial charge is 0.417 e. The number of hydrogen-bond acceptors (Lipinski definition) is 5. The number of halogens is 6. The standard InChI is InChI=1S/C21H15F6N3O2/c22-20(23,24)18-7-12(1-2-13(18)9-28)17-8-15(30-19(17)21(25,26)27)10-32-16-5-3-14(4-6-16)29-11-31/h1-7,15,17,19,30H,8,10H2/t15-,17?,19+/m0/s1. The van der Waals surface area contributed by atoms with E-state index < -0.39 is 41.5 Å². The highest BCUT2D eigenvalue weighted by molar-refractivity contribution is 5.50. The van der Waals surface area contributed by atoms with Crippen molar-refractivity contribution < 1.29 is 35.9 Å². The number of aliphatic imine (C=N–C) groups is 1. The summed E-state index contributed by atoms with van der Waals surface area (Å²) in [6, 6.07) is 7.03. The van der Waals surface area contributed by atoms with Crippen LogP contribution in [0.2, 0.25) is 0 Å². The second-order valence-corrected chi connectivity index (χ2v) is 7.15. The molecule has 11 heteroatoms. The maximum absolute atomic E-state index is 13.6. The molecule has 1 saturated heterocycles. The lowest BCUT2D eigenvalue weighted by Gasteiger charge is -2.23. The largest absolute Gasteiger partial charge is 0.492 e.